The van der Waals surface area contributed by atoms with Gasteiger partial charge in [-0.15, -0.1) is 11.3 Å². The molecule has 0 saturated carbocycles. The van der Waals surface area contributed by atoms with Gasteiger partial charge in [-0.1, -0.05) is 18.2 Å². The van der Waals surface area contributed by atoms with Crippen molar-refractivity contribution in [2.75, 3.05) is 0 Å². The molecular weight excluding hydrogens is 171 g/mol. The van der Waals surface area contributed by atoms with Gasteiger partial charge in [0, 0.05) is 4.88 Å². The van der Waals surface area contributed by atoms with E-state index in [2.05, 4.69) is 0 Å². The van der Waals surface area contributed by atoms with E-state index in [9.17, 15) is 4.39 Å². The lowest BCUT2D eigenvalue weighted by molar-refractivity contribution is 0.628. The molecule has 0 fully saturated rings. The number of thiophene rings is 1. The molecule has 0 saturated heterocycles. The van der Waals surface area contributed by atoms with Crippen LogP contribution in [-0.2, 0) is 0 Å². The van der Waals surface area contributed by atoms with Crippen molar-refractivity contribution in [3.8, 4) is 10.4 Å². The van der Waals surface area contributed by atoms with Crippen LogP contribution in [0.25, 0.3) is 10.4 Å². The van der Waals surface area contributed by atoms with Crippen LogP contribution in [0.1, 0.15) is 0 Å². The fourth-order valence-corrected chi connectivity index (χ4v) is 1.81. The smallest absolute Gasteiger partial charge is 0.123 e. The van der Waals surface area contributed by atoms with Crippen LogP contribution in [0.5, 0.6) is 0 Å². The van der Waals surface area contributed by atoms with Gasteiger partial charge < -0.3 is 0 Å². The van der Waals surface area contributed by atoms with Crippen molar-refractivity contribution in [3.63, 3.8) is 0 Å². The van der Waals surface area contributed by atoms with Gasteiger partial charge >= 0.3 is 0 Å². The highest BCUT2D eigenvalue weighted by Crippen LogP contribution is 2.24. The normalized spacial score (nSPS) is 10.1. The summed E-state index contributed by atoms with van der Waals surface area (Å²) in [5.41, 5.74) is 0.949. The lowest BCUT2D eigenvalue weighted by atomic mass is 10.2. The third-order valence-electron chi connectivity index (χ3n) is 1.63. The summed E-state index contributed by atoms with van der Waals surface area (Å²) in [6.45, 7) is 0. The Hall–Kier alpha value is -1.15. The summed E-state index contributed by atoms with van der Waals surface area (Å²) >= 11 is 1.62. The molecule has 0 aliphatic heterocycles. The summed E-state index contributed by atoms with van der Waals surface area (Å²) < 4.78 is 12.8. The van der Waals surface area contributed by atoms with Gasteiger partial charge in [0.25, 0.3) is 0 Å². The average molecular weight is 178 g/mol. The molecule has 0 bridgehead atoms. The average Bonchev–Trinajstić information content (AvgIpc) is 2.56. The van der Waals surface area contributed by atoms with Crippen LogP contribution in [0, 0.1) is 5.82 Å². The third kappa shape index (κ3) is 1.38. The van der Waals surface area contributed by atoms with Crippen LogP contribution >= 0.6 is 11.3 Å². The standard InChI is InChI=1S/C10H7FS/c11-9-4-1-3-8(7-9)10-5-2-6-12-10/h1-7H. The van der Waals surface area contributed by atoms with Gasteiger partial charge in [0.2, 0.25) is 0 Å². The Morgan fingerprint density at radius 1 is 1.08 bits per heavy atom. The fraction of sp³-hybridized carbons (Fsp3) is 0. The molecule has 0 N–H and O–H groups in total. The first-order chi connectivity index (χ1) is 5.86. The Morgan fingerprint density at radius 2 is 2.00 bits per heavy atom. The van der Waals surface area contributed by atoms with Crippen molar-refractivity contribution in [1.29, 1.82) is 0 Å². The summed E-state index contributed by atoms with van der Waals surface area (Å²) in [6.07, 6.45) is 0. The molecule has 0 atom stereocenters. The monoisotopic (exact) mass is 178 g/mol. The maximum atomic E-state index is 12.8. The zero-order valence-corrected chi connectivity index (χ0v) is 7.14. The van der Waals surface area contributed by atoms with Gasteiger partial charge in [-0.25, -0.2) is 4.39 Å². The summed E-state index contributed by atoms with van der Waals surface area (Å²) in [7, 11) is 0. The first-order valence-corrected chi connectivity index (χ1v) is 4.54. The van der Waals surface area contributed by atoms with E-state index in [-0.39, 0.29) is 5.82 Å². The lowest BCUT2D eigenvalue weighted by Gasteiger charge is -1.95. The highest BCUT2D eigenvalue weighted by Gasteiger charge is 1.98. The van der Waals surface area contributed by atoms with Crippen LogP contribution in [-0.4, -0.2) is 0 Å². The van der Waals surface area contributed by atoms with Gasteiger partial charge in [0.05, 0.1) is 0 Å². The minimum absolute atomic E-state index is 0.180. The second-order valence-electron chi connectivity index (χ2n) is 2.49. The molecule has 0 amide bonds. The summed E-state index contributed by atoms with van der Waals surface area (Å²) in [5.74, 6) is -0.180. The zero-order chi connectivity index (χ0) is 8.39. The fourth-order valence-electron chi connectivity index (χ4n) is 1.08. The minimum Gasteiger partial charge on any atom is -0.207 e. The number of halogens is 1. The van der Waals surface area contributed by atoms with E-state index in [0.717, 1.165) is 10.4 Å². The van der Waals surface area contributed by atoms with Gasteiger partial charge in [-0.05, 0) is 29.1 Å². The zero-order valence-electron chi connectivity index (χ0n) is 6.33. The van der Waals surface area contributed by atoms with Crippen molar-refractivity contribution in [2.24, 2.45) is 0 Å². The predicted molar refractivity (Wildman–Crippen MR) is 49.7 cm³/mol. The van der Waals surface area contributed by atoms with Crippen molar-refractivity contribution in [1.82, 2.24) is 0 Å². The second-order valence-corrected chi connectivity index (χ2v) is 3.44. The molecular formula is C10H7FS. The highest BCUT2D eigenvalue weighted by molar-refractivity contribution is 7.13. The Bertz CT molecular complexity index is 365. The van der Waals surface area contributed by atoms with Gasteiger partial charge in [-0.2, -0.15) is 0 Å². The Morgan fingerprint density at radius 3 is 2.67 bits per heavy atom. The largest absolute Gasteiger partial charge is 0.207 e. The highest BCUT2D eigenvalue weighted by atomic mass is 32.1. The van der Waals surface area contributed by atoms with E-state index in [1.54, 1.807) is 23.5 Å². The Kier molecular flexibility index (Phi) is 1.92. The van der Waals surface area contributed by atoms with E-state index in [1.165, 1.54) is 6.07 Å². The molecule has 1 aromatic heterocycles. The van der Waals surface area contributed by atoms with Gasteiger partial charge in [0.15, 0.2) is 0 Å². The molecule has 2 aromatic rings. The maximum absolute atomic E-state index is 12.8. The minimum atomic E-state index is -0.180. The molecule has 1 aromatic carbocycles. The number of rotatable bonds is 1. The topological polar surface area (TPSA) is 0 Å². The van der Waals surface area contributed by atoms with Gasteiger partial charge in [-0.3, -0.25) is 0 Å². The Balaban J connectivity index is 2.48. The van der Waals surface area contributed by atoms with Crippen LogP contribution in [0.3, 0.4) is 0 Å². The Labute approximate surface area is 74.3 Å². The van der Waals surface area contributed by atoms with E-state index in [4.69, 9.17) is 0 Å². The van der Waals surface area contributed by atoms with Gasteiger partial charge in [0.1, 0.15) is 5.82 Å². The molecule has 0 nitrogen and oxygen atoms in total. The lowest BCUT2D eigenvalue weighted by Crippen LogP contribution is -1.74. The van der Waals surface area contributed by atoms with Crippen LogP contribution in [0.4, 0.5) is 4.39 Å². The number of hydrogen-bond donors (Lipinski definition) is 0. The molecule has 1 heterocycles. The number of benzene rings is 1. The van der Waals surface area contributed by atoms with E-state index in [1.807, 2.05) is 23.6 Å². The SMILES string of the molecule is Fc1cccc(-c2cccs2)c1. The van der Waals surface area contributed by atoms with Crippen molar-refractivity contribution >= 4 is 11.3 Å². The predicted octanol–water partition coefficient (Wildman–Crippen LogP) is 3.55. The molecule has 0 spiro atoms. The summed E-state index contributed by atoms with van der Waals surface area (Å²) in [4.78, 5) is 1.11. The van der Waals surface area contributed by atoms with Crippen LogP contribution in [0.2, 0.25) is 0 Å². The first-order valence-electron chi connectivity index (χ1n) is 3.66. The molecule has 2 rings (SSSR count). The molecule has 12 heavy (non-hydrogen) atoms. The van der Waals surface area contributed by atoms with Crippen molar-refractivity contribution in [3.05, 3.63) is 47.6 Å². The quantitative estimate of drug-likeness (QED) is 0.626. The second kappa shape index (κ2) is 3.07. The molecule has 0 unspecified atom stereocenters. The van der Waals surface area contributed by atoms with Crippen LogP contribution in [0.15, 0.2) is 41.8 Å². The molecule has 60 valence electrons. The summed E-state index contributed by atoms with van der Waals surface area (Å²) in [6, 6.07) is 10.6. The maximum Gasteiger partial charge on any atom is 0.123 e. The summed E-state index contributed by atoms with van der Waals surface area (Å²) in [5, 5.41) is 1.99. The first kappa shape index (κ1) is 7.50. The van der Waals surface area contributed by atoms with E-state index < -0.39 is 0 Å². The van der Waals surface area contributed by atoms with Crippen LogP contribution < -0.4 is 0 Å². The van der Waals surface area contributed by atoms with Crippen molar-refractivity contribution in [2.45, 2.75) is 0 Å². The molecule has 2 heteroatoms. The molecule has 0 radical (unpaired) electrons. The number of hydrogen-bond acceptors (Lipinski definition) is 1. The van der Waals surface area contributed by atoms with Crippen molar-refractivity contribution < 1.29 is 4.39 Å². The third-order valence-corrected chi connectivity index (χ3v) is 2.55. The van der Waals surface area contributed by atoms with E-state index in [0.29, 0.717) is 0 Å². The molecule has 0 aliphatic carbocycles. The molecule has 0 aliphatic rings. The van der Waals surface area contributed by atoms with E-state index >= 15 is 0 Å².